The summed E-state index contributed by atoms with van der Waals surface area (Å²) in [5.41, 5.74) is 2.90. The van der Waals surface area contributed by atoms with Gasteiger partial charge in [-0.05, 0) is 36.8 Å². The Morgan fingerprint density at radius 3 is 2.75 bits per heavy atom. The van der Waals surface area contributed by atoms with Gasteiger partial charge in [0.15, 0.2) is 17.3 Å². The molecule has 0 amide bonds. The topological polar surface area (TPSA) is 81.2 Å². The van der Waals surface area contributed by atoms with Gasteiger partial charge in [-0.2, -0.15) is 10.1 Å². The zero-order valence-electron chi connectivity index (χ0n) is 13.0. The number of fused-ring (bicyclic) bond motifs is 1. The summed E-state index contributed by atoms with van der Waals surface area (Å²) in [5.74, 6) is 2.45. The van der Waals surface area contributed by atoms with E-state index in [1.54, 1.807) is 6.20 Å². The molecule has 2 heterocycles. The van der Waals surface area contributed by atoms with Crippen LogP contribution in [0.3, 0.4) is 0 Å². The van der Waals surface area contributed by atoms with Gasteiger partial charge in [0.2, 0.25) is 12.7 Å². The number of benzene rings is 2. The zero-order chi connectivity index (χ0) is 16.4. The van der Waals surface area contributed by atoms with Gasteiger partial charge in [0.05, 0.1) is 6.20 Å². The number of hydrogen-bond donors (Lipinski definition) is 2. The van der Waals surface area contributed by atoms with Crippen LogP contribution in [0.4, 0.5) is 23.1 Å². The van der Waals surface area contributed by atoms with Crippen molar-refractivity contribution in [2.24, 2.45) is 0 Å². The summed E-state index contributed by atoms with van der Waals surface area (Å²) in [5, 5.41) is 14.3. The van der Waals surface area contributed by atoms with Crippen molar-refractivity contribution < 1.29 is 9.47 Å². The molecule has 24 heavy (non-hydrogen) atoms. The van der Waals surface area contributed by atoms with Crippen molar-refractivity contribution in [2.45, 2.75) is 6.92 Å². The highest BCUT2D eigenvalue weighted by molar-refractivity contribution is 5.62. The number of hydrogen-bond acceptors (Lipinski definition) is 7. The van der Waals surface area contributed by atoms with E-state index < -0.39 is 0 Å². The maximum absolute atomic E-state index is 5.37. The van der Waals surface area contributed by atoms with Gasteiger partial charge in [-0.1, -0.05) is 12.1 Å². The lowest BCUT2D eigenvalue weighted by atomic mass is 10.2. The molecule has 4 rings (SSSR count). The van der Waals surface area contributed by atoms with E-state index in [9.17, 15) is 0 Å². The highest BCUT2D eigenvalue weighted by Gasteiger charge is 2.13. The van der Waals surface area contributed by atoms with Crippen molar-refractivity contribution >= 4 is 23.1 Å². The Balaban J connectivity index is 1.52. The van der Waals surface area contributed by atoms with Gasteiger partial charge >= 0.3 is 0 Å². The van der Waals surface area contributed by atoms with Crippen LogP contribution in [0.5, 0.6) is 11.5 Å². The SMILES string of the molecule is Cc1cccc(Nc2nncc(Nc3ccc4c(c3)OCO4)n2)c1. The third kappa shape index (κ3) is 3.05. The van der Waals surface area contributed by atoms with Crippen molar-refractivity contribution in [3.05, 3.63) is 54.2 Å². The van der Waals surface area contributed by atoms with E-state index >= 15 is 0 Å². The Hall–Kier alpha value is -3.35. The Labute approximate surface area is 138 Å². The lowest BCUT2D eigenvalue weighted by molar-refractivity contribution is 0.174. The molecule has 0 saturated heterocycles. The maximum atomic E-state index is 5.37. The summed E-state index contributed by atoms with van der Waals surface area (Å²) in [7, 11) is 0. The molecule has 2 aromatic carbocycles. The molecule has 0 bridgehead atoms. The van der Waals surface area contributed by atoms with Crippen LogP contribution in [0.25, 0.3) is 0 Å². The fourth-order valence-electron chi connectivity index (χ4n) is 2.39. The normalized spacial score (nSPS) is 12.0. The third-order valence-corrected chi connectivity index (χ3v) is 3.48. The van der Waals surface area contributed by atoms with E-state index in [0.717, 1.165) is 22.7 Å². The predicted octanol–water partition coefficient (Wildman–Crippen LogP) is 3.40. The molecule has 0 fully saturated rings. The highest BCUT2D eigenvalue weighted by Crippen LogP contribution is 2.34. The molecule has 0 saturated carbocycles. The molecule has 1 aliphatic heterocycles. The molecule has 0 radical (unpaired) electrons. The van der Waals surface area contributed by atoms with Crippen molar-refractivity contribution in [2.75, 3.05) is 17.4 Å². The standard InChI is InChI=1S/C17H15N5O2/c1-11-3-2-4-12(7-11)20-17-21-16(9-18-22-17)19-13-5-6-14-15(8-13)24-10-23-14/h2-9H,10H2,1H3,(H2,19,20,21,22). The van der Waals surface area contributed by atoms with Crippen LogP contribution in [0.1, 0.15) is 5.56 Å². The summed E-state index contributed by atoms with van der Waals surface area (Å²) in [6.07, 6.45) is 1.56. The first-order valence-corrected chi connectivity index (χ1v) is 7.46. The van der Waals surface area contributed by atoms with Gasteiger partial charge in [0.25, 0.3) is 0 Å². The van der Waals surface area contributed by atoms with Crippen molar-refractivity contribution in [3.8, 4) is 11.5 Å². The minimum absolute atomic E-state index is 0.248. The van der Waals surface area contributed by atoms with Gasteiger partial charge in [-0.15, -0.1) is 5.10 Å². The molecule has 0 aliphatic carbocycles. The van der Waals surface area contributed by atoms with Crippen LogP contribution < -0.4 is 20.1 Å². The smallest absolute Gasteiger partial charge is 0.249 e. The summed E-state index contributed by atoms with van der Waals surface area (Å²) < 4.78 is 10.7. The van der Waals surface area contributed by atoms with Gasteiger partial charge in [0, 0.05) is 17.4 Å². The molecule has 0 spiro atoms. The summed E-state index contributed by atoms with van der Waals surface area (Å²) >= 11 is 0. The highest BCUT2D eigenvalue weighted by atomic mass is 16.7. The maximum Gasteiger partial charge on any atom is 0.249 e. The molecule has 3 aromatic rings. The van der Waals surface area contributed by atoms with Crippen molar-refractivity contribution in [1.82, 2.24) is 15.2 Å². The quantitative estimate of drug-likeness (QED) is 0.762. The average Bonchev–Trinajstić information content (AvgIpc) is 3.03. The number of nitrogens with zero attached hydrogens (tertiary/aromatic N) is 3. The summed E-state index contributed by atoms with van der Waals surface area (Å²) in [4.78, 5) is 4.42. The number of ether oxygens (including phenoxy) is 2. The number of aryl methyl sites for hydroxylation is 1. The number of rotatable bonds is 4. The first kappa shape index (κ1) is 14.3. The van der Waals surface area contributed by atoms with Gasteiger partial charge in [-0.25, -0.2) is 0 Å². The van der Waals surface area contributed by atoms with Crippen molar-refractivity contribution in [3.63, 3.8) is 0 Å². The first-order chi connectivity index (χ1) is 11.8. The minimum atomic E-state index is 0.248. The fourth-order valence-corrected chi connectivity index (χ4v) is 2.39. The Kier molecular flexibility index (Phi) is 3.59. The van der Waals surface area contributed by atoms with Crippen LogP contribution in [-0.4, -0.2) is 22.0 Å². The lowest BCUT2D eigenvalue weighted by Gasteiger charge is -2.08. The average molecular weight is 321 g/mol. The molecule has 1 aliphatic rings. The molecule has 1 aromatic heterocycles. The second-order valence-electron chi connectivity index (χ2n) is 5.35. The Bertz CT molecular complexity index is 884. The van der Waals surface area contributed by atoms with Crippen LogP contribution in [-0.2, 0) is 0 Å². The molecule has 120 valence electrons. The fraction of sp³-hybridized carbons (Fsp3) is 0.118. The number of nitrogens with one attached hydrogen (secondary N) is 2. The van der Waals surface area contributed by atoms with Crippen LogP contribution >= 0.6 is 0 Å². The van der Waals surface area contributed by atoms with E-state index in [0.29, 0.717) is 17.5 Å². The monoisotopic (exact) mass is 321 g/mol. The molecule has 0 unspecified atom stereocenters. The second-order valence-corrected chi connectivity index (χ2v) is 5.35. The second kappa shape index (κ2) is 6.04. The third-order valence-electron chi connectivity index (χ3n) is 3.48. The van der Waals surface area contributed by atoms with Crippen LogP contribution in [0.15, 0.2) is 48.7 Å². The van der Waals surface area contributed by atoms with E-state index in [4.69, 9.17) is 9.47 Å². The summed E-state index contributed by atoms with van der Waals surface area (Å²) in [6, 6.07) is 13.6. The van der Waals surface area contributed by atoms with E-state index in [-0.39, 0.29) is 6.79 Å². The van der Waals surface area contributed by atoms with Gasteiger partial charge in [-0.3, -0.25) is 0 Å². The molecular weight excluding hydrogens is 306 g/mol. The van der Waals surface area contributed by atoms with E-state index in [2.05, 4.69) is 25.8 Å². The lowest BCUT2D eigenvalue weighted by Crippen LogP contribution is -2.02. The minimum Gasteiger partial charge on any atom is -0.454 e. The summed E-state index contributed by atoms with van der Waals surface area (Å²) in [6.45, 7) is 2.28. The molecular formula is C17H15N5O2. The van der Waals surface area contributed by atoms with Crippen molar-refractivity contribution in [1.29, 1.82) is 0 Å². The molecule has 7 nitrogen and oxygen atoms in total. The largest absolute Gasteiger partial charge is 0.454 e. The Morgan fingerprint density at radius 1 is 0.958 bits per heavy atom. The van der Waals surface area contributed by atoms with E-state index in [1.807, 2.05) is 49.4 Å². The first-order valence-electron chi connectivity index (χ1n) is 7.46. The molecule has 2 N–H and O–H groups in total. The predicted molar refractivity (Wildman–Crippen MR) is 90.1 cm³/mol. The van der Waals surface area contributed by atoms with Gasteiger partial charge < -0.3 is 20.1 Å². The number of aromatic nitrogens is 3. The van der Waals surface area contributed by atoms with Gasteiger partial charge in [0.1, 0.15) is 0 Å². The molecule has 7 heteroatoms. The molecule has 0 atom stereocenters. The Morgan fingerprint density at radius 2 is 1.83 bits per heavy atom. The van der Waals surface area contributed by atoms with Crippen LogP contribution in [0.2, 0.25) is 0 Å². The zero-order valence-corrected chi connectivity index (χ0v) is 13.0. The van der Waals surface area contributed by atoms with Crippen LogP contribution in [0, 0.1) is 6.92 Å². The number of anilines is 4. The van der Waals surface area contributed by atoms with E-state index in [1.165, 1.54) is 0 Å².